The lowest BCUT2D eigenvalue weighted by atomic mass is 10.1. The zero-order valence-corrected chi connectivity index (χ0v) is 10.7. The number of hydrogen-bond acceptors (Lipinski definition) is 1. The molecule has 0 saturated heterocycles. The Labute approximate surface area is 117 Å². The fourth-order valence-corrected chi connectivity index (χ4v) is 1.75. The van der Waals surface area contributed by atoms with Gasteiger partial charge in [-0.1, -0.05) is 23.7 Å². The highest BCUT2D eigenvalue weighted by Gasteiger charge is 2.30. The molecule has 2 aromatic rings. The molecular weight excluding hydrogens is 296 g/mol. The van der Waals surface area contributed by atoms with E-state index in [-0.39, 0.29) is 17.4 Å². The minimum atomic E-state index is -4.41. The SMILES string of the molecule is Fc1[c]c(Cl)c(OCc2cccc(C(F)(F)F)c2)cc1. The van der Waals surface area contributed by atoms with Crippen LogP contribution in [0, 0.1) is 11.9 Å². The maximum Gasteiger partial charge on any atom is 0.416 e. The van der Waals surface area contributed by atoms with Crippen molar-refractivity contribution < 1.29 is 22.3 Å². The Balaban J connectivity index is 2.11. The molecule has 1 radical (unpaired) electrons. The zero-order valence-electron chi connectivity index (χ0n) is 9.97. The molecule has 0 aliphatic heterocycles. The summed E-state index contributed by atoms with van der Waals surface area (Å²) in [4.78, 5) is 0. The summed E-state index contributed by atoms with van der Waals surface area (Å²) in [6.07, 6.45) is -4.41. The van der Waals surface area contributed by atoms with Gasteiger partial charge >= 0.3 is 6.18 Å². The summed E-state index contributed by atoms with van der Waals surface area (Å²) in [6.45, 7) is -0.108. The highest BCUT2D eigenvalue weighted by atomic mass is 35.5. The standard InChI is InChI=1S/C14H8ClF4O/c15-12-7-11(16)4-5-13(12)20-8-9-2-1-3-10(6-9)14(17,18)19/h1-6H,8H2. The third kappa shape index (κ3) is 3.63. The van der Waals surface area contributed by atoms with Crippen molar-refractivity contribution >= 4 is 11.6 Å². The van der Waals surface area contributed by atoms with Gasteiger partial charge in [0.2, 0.25) is 0 Å². The second-order valence-corrected chi connectivity index (χ2v) is 4.35. The van der Waals surface area contributed by atoms with Crippen molar-refractivity contribution in [2.75, 3.05) is 0 Å². The quantitative estimate of drug-likeness (QED) is 0.735. The maximum absolute atomic E-state index is 12.8. The minimum Gasteiger partial charge on any atom is -0.487 e. The number of ether oxygens (including phenoxy) is 1. The Morgan fingerprint density at radius 3 is 2.55 bits per heavy atom. The molecule has 0 spiro atoms. The number of halogens is 5. The smallest absolute Gasteiger partial charge is 0.416 e. The highest BCUT2D eigenvalue weighted by molar-refractivity contribution is 6.31. The molecular formula is C14H8ClF4O. The van der Waals surface area contributed by atoms with Crippen LogP contribution in [0.2, 0.25) is 5.02 Å². The fraction of sp³-hybridized carbons (Fsp3) is 0.143. The van der Waals surface area contributed by atoms with Gasteiger partial charge in [0.25, 0.3) is 0 Å². The summed E-state index contributed by atoms with van der Waals surface area (Å²) < 4.78 is 55.6. The highest BCUT2D eigenvalue weighted by Crippen LogP contribution is 2.30. The second-order valence-electron chi connectivity index (χ2n) is 3.97. The molecule has 6 heteroatoms. The van der Waals surface area contributed by atoms with E-state index >= 15 is 0 Å². The Bertz CT molecular complexity index is 610. The van der Waals surface area contributed by atoms with Crippen molar-refractivity contribution in [2.45, 2.75) is 12.8 Å². The van der Waals surface area contributed by atoms with Gasteiger partial charge in [0.05, 0.1) is 10.6 Å². The first-order valence-electron chi connectivity index (χ1n) is 5.52. The minimum absolute atomic E-state index is 0.0584. The lowest BCUT2D eigenvalue weighted by Gasteiger charge is -2.10. The zero-order chi connectivity index (χ0) is 14.8. The van der Waals surface area contributed by atoms with E-state index in [2.05, 4.69) is 6.07 Å². The fourth-order valence-electron chi connectivity index (χ4n) is 1.54. The van der Waals surface area contributed by atoms with E-state index in [1.807, 2.05) is 0 Å². The third-order valence-electron chi connectivity index (χ3n) is 2.48. The lowest BCUT2D eigenvalue weighted by Crippen LogP contribution is -2.06. The van der Waals surface area contributed by atoms with E-state index in [0.29, 0.717) is 5.56 Å². The monoisotopic (exact) mass is 303 g/mol. The number of benzene rings is 2. The maximum atomic E-state index is 12.8. The van der Waals surface area contributed by atoms with E-state index in [1.54, 1.807) is 0 Å². The van der Waals surface area contributed by atoms with Gasteiger partial charge in [0.1, 0.15) is 18.2 Å². The van der Waals surface area contributed by atoms with Gasteiger partial charge in [0.15, 0.2) is 0 Å². The van der Waals surface area contributed by atoms with Crippen molar-refractivity contribution in [1.29, 1.82) is 0 Å². The van der Waals surface area contributed by atoms with Crippen LogP contribution in [0.4, 0.5) is 17.6 Å². The van der Waals surface area contributed by atoms with Crippen molar-refractivity contribution in [1.82, 2.24) is 0 Å². The average molecular weight is 304 g/mol. The van der Waals surface area contributed by atoms with Crippen LogP contribution in [-0.4, -0.2) is 0 Å². The van der Waals surface area contributed by atoms with Crippen LogP contribution in [0.25, 0.3) is 0 Å². The normalized spacial score (nSPS) is 11.4. The van der Waals surface area contributed by atoms with Crippen molar-refractivity contribution in [3.05, 3.63) is 64.4 Å². The number of hydrogen-bond donors (Lipinski definition) is 0. The van der Waals surface area contributed by atoms with Crippen LogP contribution < -0.4 is 4.74 Å². The largest absolute Gasteiger partial charge is 0.487 e. The molecule has 0 fully saturated rings. The van der Waals surface area contributed by atoms with Crippen molar-refractivity contribution in [3.63, 3.8) is 0 Å². The lowest BCUT2D eigenvalue weighted by molar-refractivity contribution is -0.137. The van der Waals surface area contributed by atoms with Crippen LogP contribution in [0.3, 0.4) is 0 Å². The van der Waals surface area contributed by atoms with Gasteiger partial charge in [-0.05, 0) is 29.8 Å². The van der Waals surface area contributed by atoms with Crippen LogP contribution >= 0.6 is 11.6 Å². The molecule has 2 aromatic carbocycles. The number of alkyl halides is 3. The van der Waals surface area contributed by atoms with E-state index in [1.165, 1.54) is 18.2 Å². The molecule has 0 amide bonds. The van der Waals surface area contributed by atoms with Crippen LogP contribution in [0.15, 0.2) is 36.4 Å². The van der Waals surface area contributed by atoms with Crippen molar-refractivity contribution in [3.8, 4) is 5.75 Å². The summed E-state index contributed by atoms with van der Waals surface area (Å²) in [6, 6.07) is 9.35. The molecule has 0 atom stereocenters. The van der Waals surface area contributed by atoms with Crippen LogP contribution in [0.1, 0.15) is 11.1 Å². The van der Waals surface area contributed by atoms with Gasteiger partial charge < -0.3 is 4.74 Å². The molecule has 105 valence electrons. The van der Waals surface area contributed by atoms with Crippen molar-refractivity contribution in [2.24, 2.45) is 0 Å². The summed E-state index contributed by atoms with van der Waals surface area (Å²) in [5, 5.41) is -0.0584. The van der Waals surface area contributed by atoms with Gasteiger partial charge in [-0.3, -0.25) is 0 Å². The van der Waals surface area contributed by atoms with E-state index in [9.17, 15) is 17.6 Å². The molecule has 0 N–H and O–H groups in total. The first kappa shape index (κ1) is 14.7. The van der Waals surface area contributed by atoms with Crippen LogP contribution in [0.5, 0.6) is 5.75 Å². The third-order valence-corrected chi connectivity index (χ3v) is 2.76. The molecule has 0 aliphatic rings. The predicted octanol–water partition coefficient (Wildman–Crippen LogP) is 4.88. The topological polar surface area (TPSA) is 9.23 Å². The van der Waals surface area contributed by atoms with E-state index in [4.69, 9.17) is 16.3 Å². The first-order valence-corrected chi connectivity index (χ1v) is 5.90. The summed E-state index contributed by atoms with van der Waals surface area (Å²) in [5.41, 5.74) is -0.421. The molecule has 0 bridgehead atoms. The first-order chi connectivity index (χ1) is 9.36. The molecule has 0 saturated carbocycles. The molecule has 1 nitrogen and oxygen atoms in total. The predicted molar refractivity (Wildman–Crippen MR) is 66.0 cm³/mol. The van der Waals surface area contributed by atoms with Crippen LogP contribution in [-0.2, 0) is 12.8 Å². The molecule has 20 heavy (non-hydrogen) atoms. The van der Waals surface area contributed by atoms with Gasteiger partial charge in [-0.2, -0.15) is 13.2 Å². The summed E-state index contributed by atoms with van der Waals surface area (Å²) in [7, 11) is 0. The Morgan fingerprint density at radius 2 is 1.90 bits per heavy atom. The molecule has 0 heterocycles. The Kier molecular flexibility index (Phi) is 4.18. The van der Waals surface area contributed by atoms with Gasteiger partial charge in [0, 0.05) is 6.07 Å². The Hall–Kier alpha value is -1.75. The Morgan fingerprint density at radius 1 is 1.15 bits per heavy atom. The second kappa shape index (κ2) is 5.71. The average Bonchev–Trinajstić information content (AvgIpc) is 2.37. The van der Waals surface area contributed by atoms with Gasteiger partial charge in [-0.25, -0.2) is 4.39 Å². The molecule has 0 unspecified atom stereocenters. The molecule has 2 rings (SSSR count). The van der Waals surface area contributed by atoms with E-state index < -0.39 is 17.6 Å². The summed E-state index contributed by atoms with van der Waals surface area (Å²) in [5.74, 6) is -0.480. The van der Waals surface area contributed by atoms with Gasteiger partial charge in [-0.15, -0.1) is 0 Å². The van der Waals surface area contributed by atoms with E-state index in [0.717, 1.165) is 18.2 Å². The molecule has 0 aliphatic carbocycles. The number of rotatable bonds is 3. The summed E-state index contributed by atoms with van der Waals surface area (Å²) >= 11 is 5.70. The molecule has 0 aromatic heterocycles.